The van der Waals surface area contributed by atoms with E-state index in [-0.39, 0.29) is 68.1 Å². The second-order valence-corrected chi connectivity index (χ2v) is 20.8. The fraction of sp³-hybridized carbons (Fsp3) is 0.635. The zero-order valence-electron chi connectivity index (χ0n) is 46.2. The largest absolute Gasteiger partial charge is 0.508 e. The van der Waals surface area contributed by atoms with Crippen molar-refractivity contribution >= 4 is 59.2 Å². The van der Waals surface area contributed by atoms with Crippen molar-refractivity contribution in [3.8, 4) is 5.75 Å². The normalized spacial score (nSPS) is 15.2. The number of phenolic OH excluding ortho intramolecular Hbond substituents is 1. The van der Waals surface area contributed by atoms with Gasteiger partial charge in [0.2, 0.25) is 47.3 Å². The molecule has 0 aliphatic heterocycles. The van der Waals surface area contributed by atoms with Crippen LogP contribution >= 0.6 is 0 Å². The summed E-state index contributed by atoms with van der Waals surface area (Å²) in [6, 6.07) is -3.76. The minimum absolute atomic E-state index is 0.0477. The number of aromatic amines is 1. The Labute approximate surface area is 451 Å². The van der Waals surface area contributed by atoms with E-state index in [0.29, 0.717) is 30.5 Å². The number of benzene rings is 1. The second kappa shape index (κ2) is 33.0. The predicted molar refractivity (Wildman–Crippen MR) is 289 cm³/mol. The third kappa shape index (κ3) is 23.6. The number of guanidine groups is 1. The molecule has 2 aromatic rings. The summed E-state index contributed by atoms with van der Waals surface area (Å²) in [6.45, 7) is 17.3. The number of carboxylic acid groups (broad SMARTS) is 1. The molecule has 10 atom stereocenters. The van der Waals surface area contributed by atoms with Crippen molar-refractivity contribution in [2.75, 3.05) is 13.1 Å². The number of nitrogens with two attached hydrogens (primary N) is 3. The Balaban J connectivity index is 2.40. The van der Waals surface area contributed by atoms with E-state index in [4.69, 9.17) is 17.2 Å². The van der Waals surface area contributed by atoms with Gasteiger partial charge in [-0.2, -0.15) is 0 Å². The second-order valence-electron chi connectivity index (χ2n) is 20.8. The molecule has 1 heterocycles. The molecular weight excluding hydrogens is 997 g/mol. The predicted octanol–water partition coefficient (Wildman–Crippen LogP) is -0.284. The fourth-order valence-corrected chi connectivity index (χ4v) is 7.88. The maximum atomic E-state index is 14.4. The third-order valence-corrected chi connectivity index (χ3v) is 12.9. The zero-order valence-corrected chi connectivity index (χ0v) is 46.2. The average Bonchev–Trinajstić information content (AvgIpc) is 3.88. The van der Waals surface area contributed by atoms with E-state index in [1.807, 2.05) is 13.8 Å². The lowest BCUT2D eigenvalue weighted by Crippen LogP contribution is -2.60. The van der Waals surface area contributed by atoms with Crippen LogP contribution in [0.5, 0.6) is 5.75 Å². The lowest BCUT2D eigenvalue weighted by atomic mass is 9.96. The van der Waals surface area contributed by atoms with Gasteiger partial charge in [0, 0.05) is 31.3 Å². The number of nitrogens with zero attached hydrogens (tertiary/aromatic N) is 2. The topological polar surface area (TPSA) is 409 Å². The Hall–Kier alpha value is -7.31. The number of nitrogens with one attached hydrogen (secondary N) is 9. The lowest BCUT2D eigenvalue weighted by molar-refractivity contribution is -0.143. The standard InChI is InChI=1S/C52H86N14O11/c1-11-30(9)42(65-44(69)35(14-13-19-57-52(54)55)61-48(73)41(53)29(7)8)49(74)58-25-40(68)60-38(23-33-24-56-26-59-33)46(71)62-36(20-27(3)4)45(70)63-37(22-32-15-17-34(67)18-16-32)47(72)66-43(31(10)12-2)50(75)64-39(51(76)77)21-28(5)6/h15-18,24,26-31,35-39,41-43,67H,11-14,19-23,25,53H2,1-10H3,(H,56,59)(H,58,74)(H,60,68)(H,61,73)(H,62,71)(H,63,70)(H,64,75)(H,65,69)(H,66,72)(H,76,77)(H4,54,55,57)/t30-,31-,35-,36-,37-,38-,39-,41-,42-,43-/m0/s1. The van der Waals surface area contributed by atoms with E-state index in [1.54, 1.807) is 67.5 Å². The molecule has 0 fully saturated rings. The van der Waals surface area contributed by atoms with Crippen LogP contribution in [0.1, 0.15) is 119 Å². The highest BCUT2D eigenvalue weighted by Gasteiger charge is 2.36. The number of amides is 8. The van der Waals surface area contributed by atoms with Gasteiger partial charge in [-0.3, -0.25) is 43.3 Å². The quantitative estimate of drug-likeness (QED) is 0.0243. The van der Waals surface area contributed by atoms with E-state index >= 15 is 0 Å². The number of hydrogen-bond donors (Lipinski definition) is 14. The summed E-state index contributed by atoms with van der Waals surface area (Å²) in [5.74, 6) is -8.78. The number of hydrogen-bond acceptors (Lipinski definition) is 13. The van der Waals surface area contributed by atoms with E-state index in [9.17, 15) is 53.4 Å². The molecule has 25 heteroatoms. The van der Waals surface area contributed by atoms with Crippen LogP contribution in [0, 0.1) is 29.6 Å². The van der Waals surface area contributed by atoms with Gasteiger partial charge < -0.3 is 74.9 Å². The number of phenols is 1. The van der Waals surface area contributed by atoms with Crippen LogP contribution in [0.15, 0.2) is 41.8 Å². The van der Waals surface area contributed by atoms with Crippen LogP contribution in [-0.4, -0.2) is 141 Å². The summed E-state index contributed by atoms with van der Waals surface area (Å²) in [6.07, 6.45) is 3.96. The SMILES string of the molecule is CC[C@H](C)[C@H](NC(=O)[C@H](CCCN=C(N)N)NC(=O)[C@@H](N)C(C)C)C(=O)NCC(=O)N[C@@H](Cc1cnc[nH]1)C(=O)N[C@@H](CC(C)C)C(=O)N[C@@H](Cc1ccc(O)cc1)C(=O)N[C@H](C(=O)N[C@@H](CC(C)C)C(=O)O)[C@@H](C)CC. The van der Waals surface area contributed by atoms with Gasteiger partial charge in [0.15, 0.2) is 5.96 Å². The highest BCUT2D eigenvalue weighted by Crippen LogP contribution is 2.16. The molecule has 0 unspecified atom stereocenters. The van der Waals surface area contributed by atoms with Gasteiger partial charge in [-0.1, -0.05) is 94.2 Å². The molecule has 0 saturated heterocycles. The summed E-state index contributed by atoms with van der Waals surface area (Å²) in [7, 11) is 0. The Kier molecular flexibility index (Phi) is 28.2. The third-order valence-electron chi connectivity index (χ3n) is 12.9. The maximum Gasteiger partial charge on any atom is 0.326 e. The van der Waals surface area contributed by atoms with Crippen LogP contribution < -0.4 is 59.7 Å². The number of aliphatic imine (C=N–C) groups is 1. The van der Waals surface area contributed by atoms with E-state index in [0.717, 1.165) is 0 Å². The van der Waals surface area contributed by atoms with Crippen molar-refractivity contribution in [2.24, 2.45) is 51.8 Å². The van der Waals surface area contributed by atoms with Crippen LogP contribution in [-0.2, 0) is 56.0 Å². The molecule has 0 bridgehead atoms. The van der Waals surface area contributed by atoms with Crippen molar-refractivity contribution in [2.45, 2.75) is 169 Å². The first-order valence-electron chi connectivity index (χ1n) is 26.4. The number of rotatable bonds is 34. The van der Waals surface area contributed by atoms with Gasteiger partial charge in [0.1, 0.15) is 48.0 Å². The maximum absolute atomic E-state index is 14.4. The molecule has 17 N–H and O–H groups in total. The van der Waals surface area contributed by atoms with Crippen LogP contribution in [0.4, 0.5) is 0 Å². The van der Waals surface area contributed by atoms with Crippen molar-refractivity contribution < 1.29 is 53.4 Å². The minimum Gasteiger partial charge on any atom is -0.508 e. The molecule has 1 aromatic carbocycles. The van der Waals surface area contributed by atoms with Gasteiger partial charge in [-0.15, -0.1) is 0 Å². The number of aromatic hydroxyl groups is 1. The molecule has 0 aliphatic carbocycles. The van der Waals surface area contributed by atoms with Crippen molar-refractivity contribution in [3.05, 3.63) is 48.0 Å². The van der Waals surface area contributed by atoms with E-state index < -0.39 is 120 Å². The molecule has 2 rings (SSSR count). The van der Waals surface area contributed by atoms with Gasteiger partial charge in [-0.25, -0.2) is 9.78 Å². The van der Waals surface area contributed by atoms with Gasteiger partial charge in [-0.05, 0) is 73.0 Å². The monoisotopic (exact) mass is 1080 g/mol. The summed E-state index contributed by atoms with van der Waals surface area (Å²) in [5.41, 5.74) is 17.9. The van der Waals surface area contributed by atoms with Gasteiger partial charge in [0.25, 0.3) is 0 Å². The Morgan fingerprint density at radius 2 is 1.12 bits per heavy atom. The fourth-order valence-electron chi connectivity index (χ4n) is 7.88. The summed E-state index contributed by atoms with van der Waals surface area (Å²) in [4.78, 5) is 134. The molecule has 0 saturated carbocycles. The Morgan fingerprint density at radius 1 is 0.623 bits per heavy atom. The van der Waals surface area contributed by atoms with Crippen molar-refractivity contribution in [3.63, 3.8) is 0 Å². The highest BCUT2D eigenvalue weighted by atomic mass is 16.4. The van der Waals surface area contributed by atoms with Crippen LogP contribution in [0.25, 0.3) is 0 Å². The number of H-pyrrole nitrogens is 1. The van der Waals surface area contributed by atoms with Gasteiger partial charge in [0.05, 0.1) is 18.9 Å². The number of aliphatic carboxylic acids is 1. The number of carbonyl (C=O) groups excluding carboxylic acids is 8. The summed E-state index contributed by atoms with van der Waals surface area (Å²) in [5, 5.41) is 41.1. The minimum atomic E-state index is -1.36. The molecule has 0 radical (unpaired) electrons. The van der Waals surface area contributed by atoms with E-state index in [2.05, 4.69) is 57.5 Å². The van der Waals surface area contributed by atoms with E-state index in [1.165, 1.54) is 24.7 Å². The zero-order chi connectivity index (χ0) is 58.1. The Bertz CT molecular complexity index is 2270. The number of aromatic nitrogens is 2. The lowest BCUT2D eigenvalue weighted by Gasteiger charge is -2.29. The average molecular weight is 1080 g/mol. The number of carbonyl (C=O) groups is 9. The van der Waals surface area contributed by atoms with Crippen molar-refractivity contribution in [1.82, 2.24) is 52.5 Å². The molecule has 0 spiro atoms. The Morgan fingerprint density at radius 3 is 1.64 bits per heavy atom. The highest BCUT2D eigenvalue weighted by molar-refractivity contribution is 5.97. The van der Waals surface area contributed by atoms with Crippen LogP contribution in [0.2, 0.25) is 0 Å². The molecule has 25 nitrogen and oxygen atoms in total. The number of imidazole rings is 1. The summed E-state index contributed by atoms with van der Waals surface area (Å²) < 4.78 is 0. The van der Waals surface area contributed by atoms with Crippen molar-refractivity contribution in [1.29, 1.82) is 0 Å². The van der Waals surface area contributed by atoms with Crippen LogP contribution in [0.3, 0.4) is 0 Å². The molecule has 1 aromatic heterocycles. The van der Waals surface area contributed by atoms with Gasteiger partial charge >= 0.3 is 5.97 Å². The molecule has 0 aliphatic rings. The molecular formula is C52H86N14O11. The molecule has 77 heavy (non-hydrogen) atoms. The first-order valence-corrected chi connectivity index (χ1v) is 26.4. The smallest absolute Gasteiger partial charge is 0.326 e. The number of carboxylic acids is 1. The first-order chi connectivity index (χ1) is 36.2. The molecule has 430 valence electrons. The molecule has 8 amide bonds. The summed E-state index contributed by atoms with van der Waals surface area (Å²) >= 11 is 0. The first kappa shape index (κ1) is 65.8.